The second kappa shape index (κ2) is 33.1. The standard InChI is InChI=1S/C41H75N2O6P/c1-6-8-10-12-14-16-18-20-21-23-25-27-29-31-33-35-41(45)42-39(38-49-50(46,47)48-37-36-43(3,4)5)40(44)34-32-30-28-26-24-22-19-17-15-13-11-9-7-2/h8,10,12,14,16,18,20-21,32,34,39-40,44H,6-7,9,11,13,15,17,19,22-31,33,35-38H2,1-5H3,(H-,42,45,46,47)/p+1/b10-8+,14-12+,18-16+,21-20+,34-32+/t39-,40+/m0/s1. The van der Waals surface area contributed by atoms with E-state index in [0.29, 0.717) is 17.4 Å². The average molecular weight is 724 g/mol. The van der Waals surface area contributed by atoms with Crippen LogP contribution < -0.4 is 5.32 Å². The molecule has 0 heterocycles. The SMILES string of the molecule is CC/C=C/C=C/C=C/C=C/CCCCCCCC(=O)N[C@@H](COP(=O)(O)OCC[N+](C)(C)C)[C@H](O)/C=C/CCCCCCCCCCCCC. The summed E-state index contributed by atoms with van der Waals surface area (Å²) in [4.78, 5) is 23.0. The molecule has 0 radical (unpaired) electrons. The van der Waals surface area contributed by atoms with Gasteiger partial charge < -0.3 is 19.8 Å². The van der Waals surface area contributed by atoms with Gasteiger partial charge in [0.2, 0.25) is 5.91 Å². The molecule has 290 valence electrons. The Morgan fingerprint density at radius 2 is 1.20 bits per heavy atom. The minimum Gasteiger partial charge on any atom is -0.387 e. The van der Waals surface area contributed by atoms with Gasteiger partial charge in [0.05, 0.1) is 39.9 Å². The van der Waals surface area contributed by atoms with E-state index in [1.165, 1.54) is 57.8 Å². The molecule has 0 rings (SSSR count). The number of nitrogens with one attached hydrogen (secondary N) is 1. The van der Waals surface area contributed by atoms with E-state index in [1.807, 2.05) is 57.6 Å². The van der Waals surface area contributed by atoms with Crippen LogP contribution in [0.25, 0.3) is 0 Å². The first kappa shape index (κ1) is 48.2. The van der Waals surface area contributed by atoms with Gasteiger partial charge in [0.15, 0.2) is 0 Å². The molecule has 0 aromatic heterocycles. The molecule has 0 aliphatic carbocycles. The van der Waals surface area contributed by atoms with Gasteiger partial charge in [-0.05, 0) is 38.5 Å². The van der Waals surface area contributed by atoms with Crippen molar-refractivity contribution >= 4 is 13.7 Å². The zero-order valence-electron chi connectivity index (χ0n) is 32.6. The largest absolute Gasteiger partial charge is 0.472 e. The van der Waals surface area contributed by atoms with E-state index in [2.05, 4.69) is 37.4 Å². The van der Waals surface area contributed by atoms with Crippen LogP contribution >= 0.6 is 7.82 Å². The lowest BCUT2D eigenvalue weighted by Gasteiger charge is -2.25. The number of carbonyl (C=O) groups is 1. The fourth-order valence-corrected chi connectivity index (χ4v) is 5.90. The van der Waals surface area contributed by atoms with Gasteiger partial charge in [-0.25, -0.2) is 4.57 Å². The van der Waals surface area contributed by atoms with Crippen molar-refractivity contribution in [3.63, 3.8) is 0 Å². The number of phosphoric acid groups is 1. The summed E-state index contributed by atoms with van der Waals surface area (Å²) in [6.07, 6.45) is 41.3. The van der Waals surface area contributed by atoms with Crippen LogP contribution in [-0.2, 0) is 18.4 Å². The normalized spacial score (nSPS) is 15.3. The number of phosphoric ester groups is 1. The van der Waals surface area contributed by atoms with E-state index < -0.39 is 20.0 Å². The lowest BCUT2D eigenvalue weighted by atomic mass is 10.0. The zero-order chi connectivity index (χ0) is 37.2. The van der Waals surface area contributed by atoms with Gasteiger partial charge in [-0.2, -0.15) is 0 Å². The molecule has 0 aromatic carbocycles. The maximum atomic E-state index is 12.8. The Bertz CT molecular complexity index is 1000. The molecular weight excluding hydrogens is 647 g/mol. The molecule has 0 aliphatic rings. The Labute approximate surface area is 307 Å². The summed E-state index contributed by atoms with van der Waals surface area (Å²) in [5.74, 6) is -0.205. The van der Waals surface area contributed by atoms with Gasteiger partial charge in [-0.15, -0.1) is 0 Å². The average Bonchev–Trinajstić information content (AvgIpc) is 3.06. The fraction of sp³-hybridized carbons (Fsp3) is 0.732. The third kappa shape index (κ3) is 34.6. The number of rotatable bonds is 34. The van der Waals surface area contributed by atoms with Crippen molar-refractivity contribution < 1.29 is 32.9 Å². The van der Waals surface area contributed by atoms with Crippen molar-refractivity contribution in [1.29, 1.82) is 0 Å². The first-order chi connectivity index (χ1) is 24.0. The molecule has 0 spiro atoms. The molecule has 1 amide bonds. The Morgan fingerprint density at radius 1 is 0.700 bits per heavy atom. The molecule has 1 unspecified atom stereocenters. The molecule has 8 nitrogen and oxygen atoms in total. The zero-order valence-corrected chi connectivity index (χ0v) is 33.5. The second-order valence-corrected chi connectivity index (χ2v) is 15.8. The summed E-state index contributed by atoms with van der Waals surface area (Å²) in [5, 5.41) is 13.7. The predicted octanol–water partition coefficient (Wildman–Crippen LogP) is 10.3. The Morgan fingerprint density at radius 3 is 1.76 bits per heavy atom. The van der Waals surface area contributed by atoms with Gasteiger partial charge in [-0.3, -0.25) is 13.8 Å². The van der Waals surface area contributed by atoms with Gasteiger partial charge in [0, 0.05) is 6.42 Å². The number of likely N-dealkylation sites (N-methyl/N-ethyl adjacent to an activating group) is 1. The van der Waals surface area contributed by atoms with E-state index >= 15 is 0 Å². The lowest BCUT2D eigenvalue weighted by Crippen LogP contribution is -2.45. The van der Waals surface area contributed by atoms with Crippen LogP contribution in [0.1, 0.15) is 142 Å². The number of hydrogen-bond donors (Lipinski definition) is 3. The number of hydrogen-bond acceptors (Lipinski definition) is 5. The monoisotopic (exact) mass is 724 g/mol. The van der Waals surface area contributed by atoms with Crippen LogP contribution in [0.3, 0.4) is 0 Å². The number of aliphatic hydroxyl groups is 1. The van der Waals surface area contributed by atoms with Crippen LogP contribution in [-0.4, -0.2) is 73.4 Å². The summed E-state index contributed by atoms with van der Waals surface area (Å²) >= 11 is 0. The maximum Gasteiger partial charge on any atom is 0.472 e. The molecule has 0 saturated heterocycles. The van der Waals surface area contributed by atoms with Crippen LogP contribution in [0, 0.1) is 0 Å². The first-order valence-corrected chi connectivity index (χ1v) is 21.2. The number of quaternary nitrogens is 1. The van der Waals surface area contributed by atoms with E-state index in [1.54, 1.807) is 6.08 Å². The summed E-state index contributed by atoms with van der Waals surface area (Å²) in [6, 6.07) is -0.859. The Hall–Kier alpha value is -1.80. The summed E-state index contributed by atoms with van der Waals surface area (Å²) in [7, 11) is 1.54. The summed E-state index contributed by atoms with van der Waals surface area (Å²) in [6.45, 7) is 4.62. The number of aliphatic hydroxyl groups excluding tert-OH is 1. The molecule has 3 atom stereocenters. The molecule has 50 heavy (non-hydrogen) atoms. The number of unbranched alkanes of at least 4 members (excludes halogenated alkanes) is 16. The van der Waals surface area contributed by atoms with Gasteiger partial charge in [0.25, 0.3) is 0 Å². The van der Waals surface area contributed by atoms with Crippen LogP contribution in [0.2, 0.25) is 0 Å². The summed E-state index contributed by atoms with van der Waals surface area (Å²) in [5.41, 5.74) is 0. The number of nitrogens with zero attached hydrogens (tertiary/aromatic N) is 1. The highest BCUT2D eigenvalue weighted by Crippen LogP contribution is 2.43. The number of carbonyl (C=O) groups excluding carboxylic acids is 1. The minimum atomic E-state index is -4.34. The lowest BCUT2D eigenvalue weighted by molar-refractivity contribution is -0.870. The third-order valence-corrected chi connectivity index (χ3v) is 9.32. The molecule has 0 bridgehead atoms. The van der Waals surface area contributed by atoms with Crippen molar-refractivity contribution in [2.24, 2.45) is 0 Å². The van der Waals surface area contributed by atoms with E-state index in [9.17, 15) is 19.4 Å². The van der Waals surface area contributed by atoms with Crippen molar-refractivity contribution in [3.8, 4) is 0 Å². The minimum absolute atomic E-state index is 0.0534. The quantitative estimate of drug-likeness (QED) is 0.0201. The van der Waals surface area contributed by atoms with E-state index in [4.69, 9.17) is 9.05 Å². The molecule has 0 saturated carbocycles. The maximum absolute atomic E-state index is 12.8. The van der Waals surface area contributed by atoms with Gasteiger partial charge in [0.1, 0.15) is 13.2 Å². The van der Waals surface area contributed by atoms with Gasteiger partial charge in [-0.1, -0.05) is 158 Å². The Balaban J connectivity index is 4.58. The molecule has 9 heteroatoms. The third-order valence-electron chi connectivity index (χ3n) is 8.34. The van der Waals surface area contributed by atoms with Gasteiger partial charge >= 0.3 is 7.82 Å². The molecular formula is C41H76N2O6P+. The van der Waals surface area contributed by atoms with Crippen molar-refractivity contribution in [1.82, 2.24) is 5.32 Å². The predicted molar refractivity (Wildman–Crippen MR) is 212 cm³/mol. The van der Waals surface area contributed by atoms with Crippen LogP contribution in [0.5, 0.6) is 0 Å². The van der Waals surface area contributed by atoms with Crippen molar-refractivity contribution in [3.05, 3.63) is 60.8 Å². The molecule has 0 fully saturated rings. The van der Waals surface area contributed by atoms with Crippen LogP contribution in [0.4, 0.5) is 0 Å². The van der Waals surface area contributed by atoms with Crippen molar-refractivity contribution in [2.75, 3.05) is 40.9 Å². The highest BCUT2D eigenvalue weighted by atomic mass is 31.2. The molecule has 3 N–H and O–H groups in total. The molecule has 0 aromatic rings. The van der Waals surface area contributed by atoms with E-state index in [0.717, 1.165) is 64.2 Å². The fourth-order valence-electron chi connectivity index (χ4n) is 5.17. The van der Waals surface area contributed by atoms with Crippen LogP contribution in [0.15, 0.2) is 60.8 Å². The summed E-state index contributed by atoms with van der Waals surface area (Å²) < 4.78 is 23.4. The van der Waals surface area contributed by atoms with E-state index in [-0.39, 0.29) is 19.1 Å². The second-order valence-electron chi connectivity index (χ2n) is 14.4. The number of amides is 1. The smallest absolute Gasteiger partial charge is 0.387 e. The highest BCUT2D eigenvalue weighted by Gasteiger charge is 2.27. The highest BCUT2D eigenvalue weighted by molar-refractivity contribution is 7.47. The van der Waals surface area contributed by atoms with Crippen molar-refractivity contribution in [2.45, 2.75) is 154 Å². The topological polar surface area (TPSA) is 105 Å². The Kier molecular flexibility index (Phi) is 31.9. The molecule has 0 aliphatic heterocycles. The first-order valence-electron chi connectivity index (χ1n) is 19.7. The number of allylic oxidation sites excluding steroid dienone is 9.